The molecule has 0 saturated carbocycles. The molecule has 0 aliphatic carbocycles. The van der Waals surface area contributed by atoms with Crippen LogP contribution in [0.4, 0.5) is 0 Å². The third-order valence-corrected chi connectivity index (χ3v) is 2.15. The van der Waals surface area contributed by atoms with Crippen molar-refractivity contribution in [1.29, 1.82) is 0 Å². The molecule has 4 heteroatoms. The molecule has 0 spiro atoms. The highest BCUT2D eigenvalue weighted by Crippen LogP contribution is 2.14. The maximum atomic E-state index is 11.2. The summed E-state index contributed by atoms with van der Waals surface area (Å²) in [5, 5.41) is 10.1. The van der Waals surface area contributed by atoms with Gasteiger partial charge in [0.05, 0.1) is 13.2 Å². The summed E-state index contributed by atoms with van der Waals surface area (Å²) in [6.07, 6.45) is 0.553. The van der Waals surface area contributed by atoms with Crippen LogP contribution in [0.1, 0.15) is 20.3 Å². The first kappa shape index (κ1) is 9.48. The van der Waals surface area contributed by atoms with Crippen molar-refractivity contribution < 1.29 is 9.90 Å². The standard InChI is InChI=1S/C8H16N2O2/c1-6(2)7-5-8(12)10(9-7)3-4-11/h6-7,9,11H,3-5H2,1-2H3. The highest BCUT2D eigenvalue weighted by atomic mass is 16.3. The molecule has 0 aromatic rings. The molecule has 0 bridgehead atoms. The van der Waals surface area contributed by atoms with E-state index in [1.165, 1.54) is 5.01 Å². The molecule has 1 heterocycles. The van der Waals surface area contributed by atoms with Gasteiger partial charge in [0.2, 0.25) is 5.91 Å². The Bertz CT molecular complexity index is 170. The van der Waals surface area contributed by atoms with Gasteiger partial charge in [-0.2, -0.15) is 0 Å². The van der Waals surface area contributed by atoms with Gasteiger partial charge in [0.25, 0.3) is 0 Å². The maximum Gasteiger partial charge on any atom is 0.238 e. The summed E-state index contributed by atoms with van der Waals surface area (Å²) in [7, 11) is 0. The summed E-state index contributed by atoms with van der Waals surface area (Å²) in [5.74, 6) is 0.542. The first-order valence-corrected chi connectivity index (χ1v) is 4.32. The molecule has 1 fully saturated rings. The van der Waals surface area contributed by atoms with E-state index in [2.05, 4.69) is 19.3 Å². The van der Waals surface area contributed by atoms with Crippen LogP contribution in [0.25, 0.3) is 0 Å². The number of carbonyl (C=O) groups is 1. The Kier molecular flexibility index (Phi) is 3.05. The highest BCUT2D eigenvalue weighted by Gasteiger charge is 2.30. The molecule has 1 aliphatic heterocycles. The van der Waals surface area contributed by atoms with Gasteiger partial charge >= 0.3 is 0 Å². The lowest BCUT2D eigenvalue weighted by Crippen LogP contribution is -2.40. The second-order valence-corrected chi connectivity index (χ2v) is 3.45. The lowest BCUT2D eigenvalue weighted by molar-refractivity contribution is -0.130. The Hall–Kier alpha value is -0.610. The largest absolute Gasteiger partial charge is 0.394 e. The third-order valence-electron chi connectivity index (χ3n) is 2.15. The monoisotopic (exact) mass is 172 g/mol. The number of amides is 1. The molecular weight excluding hydrogens is 156 g/mol. The minimum Gasteiger partial charge on any atom is -0.394 e. The van der Waals surface area contributed by atoms with Gasteiger partial charge in [-0.1, -0.05) is 13.8 Å². The normalized spacial score (nSPS) is 24.2. The van der Waals surface area contributed by atoms with E-state index in [0.29, 0.717) is 18.9 Å². The van der Waals surface area contributed by atoms with Gasteiger partial charge in [0.1, 0.15) is 0 Å². The van der Waals surface area contributed by atoms with Gasteiger partial charge in [-0.15, -0.1) is 0 Å². The predicted molar refractivity (Wildman–Crippen MR) is 45.2 cm³/mol. The number of aliphatic hydroxyl groups is 1. The molecule has 0 aromatic carbocycles. The van der Waals surface area contributed by atoms with Crippen LogP contribution >= 0.6 is 0 Å². The maximum absolute atomic E-state index is 11.2. The molecule has 1 saturated heterocycles. The zero-order valence-corrected chi connectivity index (χ0v) is 7.58. The number of carbonyl (C=O) groups excluding carboxylic acids is 1. The minimum absolute atomic E-state index is 0.0174. The Morgan fingerprint density at radius 1 is 1.75 bits per heavy atom. The van der Waals surface area contributed by atoms with Crippen molar-refractivity contribution in [2.75, 3.05) is 13.2 Å². The van der Waals surface area contributed by atoms with E-state index in [1.54, 1.807) is 0 Å². The average molecular weight is 172 g/mol. The van der Waals surface area contributed by atoms with Crippen molar-refractivity contribution >= 4 is 5.91 Å². The summed E-state index contributed by atoms with van der Waals surface area (Å²) >= 11 is 0. The summed E-state index contributed by atoms with van der Waals surface area (Å²) in [5.41, 5.74) is 3.06. The minimum atomic E-state index is 0.0174. The topological polar surface area (TPSA) is 52.6 Å². The van der Waals surface area contributed by atoms with E-state index in [-0.39, 0.29) is 18.6 Å². The summed E-state index contributed by atoms with van der Waals surface area (Å²) in [6.45, 7) is 4.56. The highest BCUT2D eigenvalue weighted by molar-refractivity contribution is 5.78. The molecule has 1 rings (SSSR count). The molecule has 1 atom stereocenters. The number of β-amino-alcohol motifs (C(OH)–C–C–N with tert-alkyl or cyclic N) is 1. The van der Waals surface area contributed by atoms with Crippen molar-refractivity contribution in [2.24, 2.45) is 5.92 Å². The van der Waals surface area contributed by atoms with Gasteiger partial charge in [-0.05, 0) is 5.92 Å². The lowest BCUT2D eigenvalue weighted by Gasteiger charge is -2.18. The van der Waals surface area contributed by atoms with Gasteiger partial charge in [-0.3, -0.25) is 9.80 Å². The quantitative estimate of drug-likeness (QED) is 0.616. The van der Waals surface area contributed by atoms with E-state index in [0.717, 1.165) is 0 Å². The van der Waals surface area contributed by atoms with Crippen LogP contribution in [-0.2, 0) is 4.79 Å². The number of hydrogen-bond donors (Lipinski definition) is 2. The Balaban J connectivity index is 2.44. The van der Waals surface area contributed by atoms with Gasteiger partial charge in [-0.25, -0.2) is 5.43 Å². The van der Waals surface area contributed by atoms with E-state index in [1.807, 2.05) is 0 Å². The summed E-state index contributed by atoms with van der Waals surface area (Å²) < 4.78 is 0. The van der Waals surface area contributed by atoms with Crippen LogP contribution in [-0.4, -0.2) is 35.2 Å². The van der Waals surface area contributed by atoms with Crippen LogP contribution in [0.15, 0.2) is 0 Å². The fourth-order valence-corrected chi connectivity index (χ4v) is 1.29. The number of nitrogens with zero attached hydrogens (tertiary/aromatic N) is 1. The van der Waals surface area contributed by atoms with Crippen molar-refractivity contribution in [1.82, 2.24) is 10.4 Å². The van der Waals surface area contributed by atoms with Crippen LogP contribution in [0.2, 0.25) is 0 Å². The van der Waals surface area contributed by atoms with Crippen LogP contribution in [0, 0.1) is 5.92 Å². The predicted octanol–water partition coefficient (Wildman–Crippen LogP) is -0.260. The first-order chi connectivity index (χ1) is 5.65. The number of aliphatic hydroxyl groups excluding tert-OH is 1. The zero-order chi connectivity index (χ0) is 9.14. The molecule has 70 valence electrons. The zero-order valence-electron chi connectivity index (χ0n) is 7.58. The SMILES string of the molecule is CC(C)C1CC(=O)N(CCO)N1. The number of nitrogens with one attached hydrogen (secondary N) is 1. The summed E-state index contributed by atoms with van der Waals surface area (Å²) in [4.78, 5) is 11.2. The molecule has 0 aromatic heterocycles. The van der Waals surface area contributed by atoms with Crippen LogP contribution < -0.4 is 5.43 Å². The summed E-state index contributed by atoms with van der Waals surface area (Å²) in [6, 6.07) is 0.240. The molecule has 1 aliphatic rings. The van der Waals surface area contributed by atoms with E-state index in [9.17, 15) is 4.79 Å². The van der Waals surface area contributed by atoms with E-state index in [4.69, 9.17) is 5.11 Å². The third kappa shape index (κ3) is 1.95. The van der Waals surface area contributed by atoms with Gasteiger partial charge in [0.15, 0.2) is 0 Å². The average Bonchev–Trinajstić information content (AvgIpc) is 2.34. The van der Waals surface area contributed by atoms with Crippen molar-refractivity contribution in [3.8, 4) is 0 Å². The van der Waals surface area contributed by atoms with Gasteiger partial charge < -0.3 is 5.11 Å². The molecule has 1 amide bonds. The van der Waals surface area contributed by atoms with Gasteiger partial charge in [0, 0.05) is 12.5 Å². The van der Waals surface area contributed by atoms with Crippen molar-refractivity contribution in [3.05, 3.63) is 0 Å². The Morgan fingerprint density at radius 3 is 2.83 bits per heavy atom. The van der Waals surface area contributed by atoms with E-state index >= 15 is 0 Å². The number of hydrazine groups is 1. The van der Waals surface area contributed by atoms with Crippen LogP contribution in [0.3, 0.4) is 0 Å². The Morgan fingerprint density at radius 2 is 2.42 bits per heavy atom. The molecule has 1 unspecified atom stereocenters. The fourth-order valence-electron chi connectivity index (χ4n) is 1.29. The molecule has 2 N–H and O–H groups in total. The molecule has 0 radical (unpaired) electrons. The van der Waals surface area contributed by atoms with Crippen LogP contribution in [0.5, 0.6) is 0 Å². The molecular formula is C8H16N2O2. The smallest absolute Gasteiger partial charge is 0.238 e. The second kappa shape index (κ2) is 3.87. The first-order valence-electron chi connectivity index (χ1n) is 4.32. The Labute approximate surface area is 72.5 Å². The second-order valence-electron chi connectivity index (χ2n) is 3.45. The molecule has 4 nitrogen and oxygen atoms in total. The van der Waals surface area contributed by atoms with E-state index < -0.39 is 0 Å². The van der Waals surface area contributed by atoms with Crippen molar-refractivity contribution in [3.63, 3.8) is 0 Å². The number of rotatable bonds is 3. The fraction of sp³-hybridized carbons (Fsp3) is 0.875. The lowest BCUT2D eigenvalue weighted by atomic mass is 10.0. The number of hydrogen-bond acceptors (Lipinski definition) is 3. The molecule has 12 heavy (non-hydrogen) atoms. The van der Waals surface area contributed by atoms with Crippen molar-refractivity contribution in [2.45, 2.75) is 26.3 Å².